The standard InChI is InChI=1S/C24H31FN6O4/c1-13-19-16(21(32)31(26)23(34)30(19)15-6-7-15)10-17(25)20(13)29-9-8-14(12-29)18(11-27-5)28-22(33)35-24(2,3)4/h10,14-15,18H,6-9,11-12,26H2,1-4H3,(H,28,33). The highest BCUT2D eigenvalue weighted by Gasteiger charge is 2.36. The van der Waals surface area contributed by atoms with Crippen molar-refractivity contribution in [2.75, 3.05) is 30.4 Å². The lowest BCUT2D eigenvalue weighted by molar-refractivity contribution is 0.0493. The monoisotopic (exact) mass is 486 g/mol. The summed E-state index contributed by atoms with van der Waals surface area (Å²) in [7, 11) is 0. The molecule has 2 fully saturated rings. The van der Waals surface area contributed by atoms with Crippen LogP contribution >= 0.6 is 0 Å². The molecule has 0 radical (unpaired) electrons. The normalized spacial score (nSPS) is 19.0. The number of nitrogens with two attached hydrogens (primary N) is 1. The summed E-state index contributed by atoms with van der Waals surface area (Å²) in [6, 6.07) is 0.639. The fraction of sp³-hybridized carbons (Fsp3) is 0.583. The van der Waals surface area contributed by atoms with Gasteiger partial charge in [-0.25, -0.2) is 20.6 Å². The van der Waals surface area contributed by atoms with E-state index in [0.717, 1.165) is 18.9 Å². The van der Waals surface area contributed by atoms with Gasteiger partial charge in [0.2, 0.25) is 6.54 Å². The number of nitrogen functional groups attached to an aromatic ring is 1. The largest absolute Gasteiger partial charge is 0.444 e. The molecule has 1 aromatic carbocycles. The van der Waals surface area contributed by atoms with Gasteiger partial charge in [-0.05, 0) is 53.0 Å². The molecule has 1 saturated heterocycles. The zero-order valence-corrected chi connectivity index (χ0v) is 20.4. The maximum Gasteiger partial charge on any atom is 0.408 e. The van der Waals surface area contributed by atoms with Crippen LogP contribution in [0.25, 0.3) is 15.7 Å². The summed E-state index contributed by atoms with van der Waals surface area (Å²) in [4.78, 5) is 43.1. The van der Waals surface area contributed by atoms with E-state index in [-0.39, 0.29) is 23.9 Å². The minimum absolute atomic E-state index is 0.0650. The predicted octanol–water partition coefficient (Wildman–Crippen LogP) is 2.30. The van der Waals surface area contributed by atoms with Crippen LogP contribution in [0.3, 0.4) is 0 Å². The number of nitrogens with one attached hydrogen (secondary N) is 1. The number of benzene rings is 1. The number of aryl methyl sites for hydroxylation is 1. The van der Waals surface area contributed by atoms with E-state index in [9.17, 15) is 14.4 Å². The Morgan fingerprint density at radius 2 is 2.03 bits per heavy atom. The van der Waals surface area contributed by atoms with E-state index in [2.05, 4.69) is 10.2 Å². The molecular formula is C24H31FN6O4. The van der Waals surface area contributed by atoms with E-state index in [0.29, 0.717) is 41.0 Å². The molecule has 2 aromatic rings. The van der Waals surface area contributed by atoms with Crippen molar-refractivity contribution in [1.82, 2.24) is 14.6 Å². The van der Waals surface area contributed by atoms with Crippen molar-refractivity contribution in [3.8, 4) is 0 Å². The molecule has 3 N–H and O–H groups in total. The molecule has 188 valence electrons. The minimum Gasteiger partial charge on any atom is -0.444 e. The Morgan fingerprint density at radius 1 is 1.34 bits per heavy atom. The molecule has 1 aliphatic carbocycles. The maximum atomic E-state index is 15.4. The average molecular weight is 487 g/mol. The molecule has 2 unspecified atom stereocenters. The third-order valence-electron chi connectivity index (χ3n) is 6.58. The van der Waals surface area contributed by atoms with Crippen LogP contribution in [0, 0.1) is 25.2 Å². The fourth-order valence-electron chi connectivity index (χ4n) is 4.91. The highest BCUT2D eigenvalue weighted by Crippen LogP contribution is 2.39. The van der Waals surface area contributed by atoms with Gasteiger partial charge in [0.25, 0.3) is 5.56 Å². The van der Waals surface area contributed by atoms with Crippen molar-refractivity contribution in [2.24, 2.45) is 5.92 Å². The molecule has 0 spiro atoms. The summed E-state index contributed by atoms with van der Waals surface area (Å²) in [6.45, 7) is 15.3. The van der Waals surface area contributed by atoms with Crippen LogP contribution in [-0.2, 0) is 4.74 Å². The summed E-state index contributed by atoms with van der Waals surface area (Å²) in [5.74, 6) is 5.03. The van der Waals surface area contributed by atoms with E-state index in [1.165, 1.54) is 4.57 Å². The van der Waals surface area contributed by atoms with E-state index >= 15 is 4.39 Å². The smallest absolute Gasteiger partial charge is 0.408 e. The first kappa shape index (κ1) is 24.6. The molecule has 11 heteroatoms. The number of carbonyl (C=O) groups excluding carboxylic acids is 1. The second-order valence-corrected chi connectivity index (χ2v) is 10.4. The maximum absolute atomic E-state index is 15.4. The predicted molar refractivity (Wildman–Crippen MR) is 131 cm³/mol. The van der Waals surface area contributed by atoms with Gasteiger partial charge in [0, 0.05) is 30.6 Å². The number of nitrogens with zero attached hydrogens (tertiary/aromatic N) is 4. The molecule has 1 aromatic heterocycles. The zero-order chi connectivity index (χ0) is 25.7. The number of hydrogen-bond acceptors (Lipinski definition) is 6. The van der Waals surface area contributed by atoms with Gasteiger partial charge < -0.3 is 25.6 Å². The van der Waals surface area contributed by atoms with Gasteiger partial charge in [-0.3, -0.25) is 9.36 Å². The molecule has 35 heavy (non-hydrogen) atoms. The van der Waals surface area contributed by atoms with Crippen LogP contribution < -0.4 is 27.3 Å². The van der Waals surface area contributed by atoms with Crippen LogP contribution in [0.2, 0.25) is 0 Å². The number of rotatable bonds is 5. The fourth-order valence-corrected chi connectivity index (χ4v) is 4.91. The lowest BCUT2D eigenvalue weighted by atomic mass is 9.99. The second kappa shape index (κ2) is 8.91. The first-order valence-corrected chi connectivity index (χ1v) is 11.8. The summed E-state index contributed by atoms with van der Waals surface area (Å²) in [5.41, 5.74) is -0.768. The third kappa shape index (κ3) is 4.70. The van der Waals surface area contributed by atoms with E-state index in [4.69, 9.17) is 17.2 Å². The van der Waals surface area contributed by atoms with E-state index in [1.807, 2.05) is 4.90 Å². The summed E-state index contributed by atoms with van der Waals surface area (Å²) >= 11 is 0. The Morgan fingerprint density at radius 3 is 2.63 bits per heavy atom. The molecule has 10 nitrogen and oxygen atoms in total. The molecule has 2 atom stereocenters. The third-order valence-corrected chi connectivity index (χ3v) is 6.58. The Bertz CT molecular complexity index is 1330. The van der Waals surface area contributed by atoms with Crippen molar-refractivity contribution in [2.45, 2.75) is 64.6 Å². The van der Waals surface area contributed by atoms with Crippen molar-refractivity contribution in [3.05, 3.63) is 49.7 Å². The van der Waals surface area contributed by atoms with Gasteiger partial charge in [-0.15, -0.1) is 0 Å². The number of ether oxygens (including phenoxy) is 1. The van der Waals surface area contributed by atoms with E-state index in [1.54, 1.807) is 27.7 Å². The number of carbonyl (C=O) groups is 1. The molecule has 1 saturated carbocycles. The van der Waals surface area contributed by atoms with Crippen molar-refractivity contribution in [1.29, 1.82) is 0 Å². The summed E-state index contributed by atoms with van der Waals surface area (Å²) in [5, 5.41) is 2.88. The Kier molecular flexibility index (Phi) is 6.25. The van der Waals surface area contributed by atoms with Crippen LogP contribution in [-0.4, -0.2) is 46.6 Å². The van der Waals surface area contributed by atoms with Gasteiger partial charge in [0.1, 0.15) is 17.5 Å². The lowest BCUT2D eigenvalue weighted by Gasteiger charge is -2.26. The number of aromatic nitrogens is 2. The number of anilines is 1. The Balaban J connectivity index is 1.68. The Labute approximate surface area is 202 Å². The first-order valence-electron chi connectivity index (χ1n) is 11.8. The molecule has 0 bridgehead atoms. The quantitative estimate of drug-likeness (QED) is 0.495. The van der Waals surface area contributed by atoms with Crippen LogP contribution in [0.5, 0.6) is 0 Å². The van der Waals surface area contributed by atoms with Crippen LogP contribution in [0.1, 0.15) is 51.6 Å². The Hall–Kier alpha value is -3.55. The number of fused-ring (bicyclic) bond motifs is 1. The van der Waals surface area contributed by atoms with Crippen molar-refractivity contribution in [3.63, 3.8) is 0 Å². The van der Waals surface area contributed by atoms with Gasteiger partial charge in [0.05, 0.1) is 16.6 Å². The lowest BCUT2D eigenvalue weighted by Crippen LogP contribution is -2.45. The van der Waals surface area contributed by atoms with Crippen LogP contribution in [0.4, 0.5) is 14.9 Å². The number of hydrogen-bond donors (Lipinski definition) is 2. The average Bonchev–Trinajstić information content (AvgIpc) is 3.48. The summed E-state index contributed by atoms with van der Waals surface area (Å²) in [6.07, 6.45) is 1.62. The topological polar surface area (TPSA) is 116 Å². The number of amides is 1. The highest BCUT2D eigenvalue weighted by molar-refractivity contribution is 5.87. The van der Waals surface area contributed by atoms with Crippen molar-refractivity contribution < 1.29 is 13.9 Å². The van der Waals surface area contributed by atoms with Crippen molar-refractivity contribution >= 4 is 22.7 Å². The van der Waals surface area contributed by atoms with E-state index < -0.39 is 34.8 Å². The number of halogens is 1. The molecule has 2 aliphatic rings. The molecule has 1 aliphatic heterocycles. The highest BCUT2D eigenvalue weighted by atomic mass is 19.1. The van der Waals surface area contributed by atoms with Crippen LogP contribution in [0.15, 0.2) is 15.7 Å². The molecular weight excluding hydrogens is 455 g/mol. The second-order valence-electron chi connectivity index (χ2n) is 10.4. The van der Waals surface area contributed by atoms with Gasteiger partial charge in [0.15, 0.2) is 0 Å². The van der Waals surface area contributed by atoms with Gasteiger partial charge in [-0.2, -0.15) is 4.68 Å². The minimum atomic E-state index is -0.728. The first-order chi connectivity index (χ1) is 16.4. The zero-order valence-electron chi connectivity index (χ0n) is 20.4. The van der Waals surface area contributed by atoms with Gasteiger partial charge in [-0.1, -0.05) is 0 Å². The number of alkyl carbamates (subject to hydrolysis) is 1. The SMILES string of the molecule is [C-]#[N+]CC(NC(=O)OC(C)(C)C)C1CCN(c2c(F)cc3c(=O)n(N)c(=O)n(C4CC4)c3c2C)C1. The molecule has 2 heterocycles. The molecule has 4 rings (SSSR count). The van der Waals surface area contributed by atoms with Gasteiger partial charge >= 0.3 is 11.8 Å². The molecule has 1 amide bonds. The summed E-state index contributed by atoms with van der Waals surface area (Å²) < 4.78 is 22.8.